The molecule has 1 heterocycles. The minimum Gasteiger partial charge on any atom is -0.481 e. The van der Waals surface area contributed by atoms with Crippen molar-refractivity contribution in [3.05, 3.63) is 29.3 Å². The molecule has 0 radical (unpaired) electrons. The Labute approximate surface area is 129 Å². The van der Waals surface area contributed by atoms with Crippen LogP contribution >= 0.6 is 11.6 Å². The lowest BCUT2D eigenvalue weighted by molar-refractivity contribution is -0.127. The number of halogens is 1. The van der Waals surface area contributed by atoms with Crippen LogP contribution in [0.15, 0.2) is 24.3 Å². The number of sulfone groups is 1. The molecule has 5 nitrogen and oxygen atoms in total. The molecule has 0 spiro atoms. The Morgan fingerprint density at radius 2 is 2.29 bits per heavy atom. The highest BCUT2D eigenvalue weighted by Crippen LogP contribution is 2.19. The highest BCUT2D eigenvalue weighted by Gasteiger charge is 2.28. The van der Waals surface area contributed by atoms with E-state index < -0.39 is 15.9 Å². The van der Waals surface area contributed by atoms with Crippen LogP contribution in [0, 0.1) is 5.92 Å². The third kappa shape index (κ3) is 4.89. The van der Waals surface area contributed by atoms with E-state index in [-0.39, 0.29) is 23.3 Å². The molecule has 1 fully saturated rings. The van der Waals surface area contributed by atoms with E-state index in [0.717, 1.165) is 0 Å². The van der Waals surface area contributed by atoms with E-state index in [4.69, 9.17) is 16.3 Å². The Hall–Kier alpha value is -1.27. The molecule has 116 valence electrons. The standard InChI is InChI=1S/C14H18ClNO4S/c1-10(20-13-4-2-3-12(15)7-13)14(17)16-8-11-5-6-21(18,19)9-11/h2-4,7,10-11H,5-6,8-9H2,1H3,(H,16,17). The molecule has 7 heteroatoms. The van der Waals surface area contributed by atoms with Crippen LogP contribution in [-0.2, 0) is 14.6 Å². The first-order valence-electron chi connectivity index (χ1n) is 6.76. The Kier molecular flexibility index (Phi) is 5.11. The maximum Gasteiger partial charge on any atom is 0.260 e. The van der Waals surface area contributed by atoms with Gasteiger partial charge in [0.1, 0.15) is 5.75 Å². The van der Waals surface area contributed by atoms with Gasteiger partial charge in [-0.25, -0.2) is 8.42 Å². The molecule has 2 unspecified atom stereocenters. The van der Waals surface area contributed by atoms with E-state index >= 15 is 0 Å². The van der Waals surface area contributed by atoms with Gasteiger partial charge in [0.25, 0.3) is 5.91 Å². The number of rotatable bonds is 5. The summed E-state index contributed by atoms with van der Waals surface area (Å²) in [4.78, 5) is 11.9. The van der Waals surface area contributed by atoms with E-state index in [2.05, 4.69) is 5.32 Å². The molecule has 2 atom stereocenters. The summed E-state index contributed by atoms with van der Waals surface area (Å²) < 4.78 is 28.2. The van der Waals surface area contributed by atoms with Gasteiger partial charge in [0.2, 0.25) is 0 Å². The number of hydrogen-bond donors (Lipinski definition) is 1. The minimum absolute atomic E-state index is 0.00248. The lowest BCUT2D eigenvalue weighted by Gasteiger charge is -2.16. The van der Waals surface area contributed by atoms with Crippen LogP contribution in [0.3, 0.4) is 0 Å². The van der Waals surface area contributed by atoms with Crippen molar-refractivity contribution in [1.82, 2.24) is 5.32 Å². The van der Waals surface area contributed by atoms with Crippen molar-refractivity contribution in [2.75, 3.05) is 18.1 Å². The number of amides is 1. The molecule has 0 bridgehead atoms. The lowest BCUT2D eigenvalue weighted by Crippen LogP contribution is -2.39. The van der Waals surface area contributed by atoms with E-state index in [1.807, 2.05) is 0 Å². The van der Waals surface area contributed by atoms with Crippen LogP contribution in [0.25, 0.3) is 0 Å². The van der Waals surface area contributed by atoms with Gasteiger partial charge in [-0.1, -0.05) is 17.7 Å². The van der Waals surface area contributed by atoms with Crippen LogP contribution in [0.4, 0.5) is 0 Å². The third-order valence-corrected chi connectivity index (χ3v) is 5.44. The van der Waals surface area contributed by atoms with Crippen molar-refractivity contribution >= 4 is 27.3 Å². The Morgan fingerprint density at radius 1 is 1.52 bits per heavy atom. The fourth-order valence-corrected chi connectivity index (χ4v) is 4.26. The van der Waals surface area contributed by atoms with Crippen molar-refractivity contribution in [2.24, 2.45) is 5.92 Å². The van der Waals surface area contributed by atoms with E-state index in [1.54, 1.807) is 31.2 Å². The zero-order valence-corrected chi connectivity index (χ0v) is 13.3. The smallest absolute Gasteiger partial charge is 0.260 e. The molecule has 0 aromatic heterocycles. The maximum absolute atomic E-state index is 11.9. The van der Waals surface area contributed by atoms with Crippen molar-refractivity contribution in [3.8, 4) is 5.75 Å². The second-order valence-electron chi connectivity index (χ2n) is 5.23. The lowest BCUT2D eigenvalue weighted by atomic mass is 10.1. The Morgan fingerprint density at radius 3 is 2.90 bits per heavy atom. The van der Waals surface area contributed by atoms with E-state index in [0.29, 0.717) is 23.7 Å². The van der Waals surface area contributed by atoms with Crippen LogP contribution in [-0.4, -0.2) is 38.5 Å². The van der Waals surface area contributed by atoms with Crippen molar-refractivity contribution in [1.29, 1.82) is 0 Å². The van der Waals surface area contributed by atoms with Crippen molar-refractivity contribution < 1.29 is 17.9 Å². The average molecular weight is 332 g/mol. The van der Waals surface area contributed by atoms with Gasteiger partial charge in [-0.3, -0.25) is 4.79 Å². The zero-order valence-electron chi connectivity index (χ0n) is 11.7. The first-order valence-corrected chi connectivity index (χ1v) is 8.96. The summed E-state index contributed by atoms with van der Waals surface area (Å²) in [6, 6.07) is 6.82. The van der Waals surface area contributed by atoms with E-state index in [1.165, 1.54) is 0 Å². The Balaban J connectivity index is 1.80. The SMILES string of the molecule is CC(Oc1cccc(Cl)c1)C(=O)NCC1CCS(=O)(=O)C1. The highest BCUT2D eigenvalue weighted by molar-refractivity contribution is 7.91. The quantitative estimate of drug-likeness (QED) is 0.890. The first-order chi connectivity index (χ1) is 9.85. The minimum atomic E-state index is -2.91. The monoisotopic (exact) mass is 331 g/mol. The molecular weight excluding hydrogens is 314 g/mol. The highest BCUT2D eigenvalue weighted by atomic mass is 35.5. The molecule has 0 saturated carbocycles. The van der Waals surface area contributed by atoms with Crippen molar-refractivity contribution in [2.45, 2.75) is 19.4 Å². The van der Waals surface area contributed by atoms with Gasteiger partial charge in [0.05, 0.1) is 11.5 Å². The molecule has 1 aromatic rings. The van der Waals surface area contributed by atoms with Gasteiger partial charge in [-0.05, 0) is 37.5 Å². The fourth-order valence-electron chi connectivity index (χ4n) is 2.22. The molecule has 2 rings (SSSR count). The van der Waals surface area contributed by atoms with E-state index in [9.17, 15) is 13.2 Å². The number of carbonyl (C=O) groups is 1. The normalized spacial score (nSPS) is 21.7. The summed E-state index contributed by atoms with van der Waals surface area (Å²) in [6.45, 7) is 2.00. The topological polar surface area (TPSA) is 72.5 Å². The molecule has 1 aliphatic heterocycles. The second-order valence-corrected chi connectivity index (χ2v) is 7.90. The van der Waals surface area contributed by atoms with Gasteiger partial charge < -0.3 is 10.1 Å². The average Bonchev–Trinajstić information content (AvgIpc) is 2.75. The largest absolute Gasteiger partial charge is 0.481 e. The number of carbonyl (C=O) groups excluding carboxylic acids is 1. The number of nitrogens with one attached hydrogen (secondary N) is 1. The summed E-state index contributed by atoms with van der Waals surface area (Å²) in [7, 11) is -2.91. The molecule has 0 aliphatic carbocycles. The van der Waals surface area contributed by atoms with Crippen LogP contribution in [0.1, 0.15) is 13.3 Å². The molecule has 1 aromatic carbocycles. The second kappa shape index (κ2) is 6.66. The zero-order chi connectivity index (χ0) is 15.5. The van der Waals surface area contributed by atoms with Gasteiger partial charge in [0, 0.05) is 11.6 Å². The molecule has 1 amide bonds. The first kappa shape index (κ1) is 16.1. The van der Waals surface area contributed by atoms with Gasteiger partial charge in [0.15, 0.2) is 15.9 Å². The predicted molar refractivity (Wildman–Crippen MR) is 81.3 cm³/mol. The molecule has 1 N–H and O–H groups in total. The van der Waals surface area contributed by atoms with Gasteiger partial charge in [-0.2, -0.15) is 0 Å². The summed E-state index contributed by atoms with van der Waals surface area (Å²) in [5.74, 6) is 0.615. The van der Waals surface area contributed by atoms with Crippen LogP contribution < -0.4 is 10.1 Å². The summed E-state index contributed by atoms with van der Waals surface area (Å²) in [5.41, 5.74) is 0. The van der Waals surface area contributed by atoms with Crippen LogP contribution in [0.2, 0.25) is 5.02 Å². The molecule has 1 aliphatic rings. The fraction of sp³-hybridized carbons (Fsp3) is 0.500. The van der Waals surface area contributed by atoms with Crippen molar-refractivity contribution in [3.63, 3.8) is 0 Å². The third-order valence-electron chi connectivity index (χ3n) is 3.37. The number of ether oxygens (including phenoxy) is 1. The van der Waals surface area contributed by atoms with Gasteiger partial charge >= 0.3 is 0 Å². The summed E-state index contributed by atoms with van der Waals surface area (Å²) >= 11 is 5.84. The maximum atomic E-state index is 11.9. The van der Waals surface area contributed by atoms with Crippen LogP contribution in [0.5, 0.6) is 5.75 Å². The molecule has 21 heavy (non-hydrogen) atoms. The number of benzene rings is 1. The predicted octanol–water partition coefficient (Wildman–Crippen LogP) is 1.66. The summed E-state index contributed by atoms with van der Waals surface area (Å²) in [6.07, 6.45) is -0.0620. The molecule has 1 saturated heterocycles. The summed E-state index contributed by atoms with van der Waals surface area (Å²) in [5, 5.41) is 3.27. The molecular formula is C14H18ClNO4S. The van der Waals surface area contributed by atoms with Gasteiger partial charge in [-0.15, -0.1) is 0 Å². The Bertz CT molecular complexity index is 617. The number of hydrogen-bond acceptors (Lipinski definition) is 4.